The first-order chi connectivity index (χ1) is 21.6. The Labute approximate surface area is 279 Å². The number of nitrogens with zero attached hydrogens (tertiary/aromatic N) is 2. The van der Waals surface area contributed by atoms with Crippen molar-refractivity contribution in [1.29, 1.82) is 0 Å². The molecule has 0 aliphatic carbocycles. The number of benzene rings is 4. The van der Waals surface area contributed by atoms with Crippen LogP contribution in [-0.4, -0.2) is 28.5 Å². The molecule has 240 valence electrons. The van der Waals surface area contributed by atoms with Crippen molar-refractivity contribution in [3.8, 4) is 0 Å². The zero-order valence-electron chi connectivity index (χ0n) is 27.6. The number of hydrogen-bond acceptors (Lipinski definition) is 2. The molecule has 5 nitrogen and oxygen atoms in total. The van der Waals surface area contributed by atoms with Crippen molar-refractivity contribution in [3.05, 3.63) is 126 Å². The molecule has 0 aliphatic heterocycles. The van der Waals surface area contributed by atoms with Crippen LogP contribution in [0.5, 0.6) is 0 Å². The fourth-order valence-electron chi connectivity index (χ4n) is 6.34. The number of carboxylic acid groups (broad SMARTS) is 1. The van der Waals surface area contributed by atoms with Crippen molar-refractivity contribution in [2.75, 3.05) is 7.05 Å². The van der Waals surface area contributed by atoms with E-state index in [-0.39, 0.29) is 24.6 Å². The van der Waals surface area contributed by atoms with Crippen molar-refractivity contribution in [2.24, 2.45) is 11.8 Å². The van der Waals surface area contributed by atoms with E-state index in [1.807, 2.05) is 53.2 Å². The van der Waals surface area contributed by atoms with Crippen LogP contribution in [0.2, 0.25) is 0 Å². The summed E-state index contributed by atoms with van der Waals surface area (Å²) >= 11 is 0. The van der Waals surface area contributed by atoms with Crippen LogP contribution in [0.3, 0.4) is 0 Å². The minimum absolute atomic E-state index is 0. The van der Waals surface area contributed by atoms with Gasteiger partial charge in [0.2, 0.25) is 0 Å². The predicted molar refractivity (Wildman–Crippen MR) is 193 cm³/mol. The lowest BCUT2D eigenvalue weighted by Crippen LogP contribution is -2.34. The van der Waals surface area contributed by atoms with Gasteiger partial charge in [-0.15, -0.1) is 12.4 Å². The van der Waals surface area contributed by atoms with Crippen LogP contribution in [0, 0.1) is 11.8 Å². The first-order valence-corrected chi connectivity index (χ1v) is 16.1. The van der Waals surface area contributed by atoms with Crippen molar-refractivity contribution < 1.29 is 14.7 Å². The molecule has 46 heavy (non-hydrogen) atoms. The van der Waals surface area contributed by atoms with Crippen LogP contribution in [0.25, 0.3) is 10.9 Å². The summed E-state index contributed by atoms with van der Waals surface area (Å²) in [7, 11) is 2.20. The molecule has 0 bridgehead atoms. The van der Waals surface area contributed by atoms with E-state index in [0.717, 1.165) is 40.8 Å². The van der Waals surface area contributed by atoms with Gasteiger partial charge in [0, 0.05) is 77.6 Å². The number of carboxylic acids is 1. The van der Waals surface area contributed by atoms with Crippen LogP contribution >= 0.6 is 12.4 Å². The first-order valence-electron chi connectivity index (χ1n) is 16.1. The third-order valence-electron chi connectivity index (χ3n) is 8.64. The van der Waals surface area contributed by atoms with Crippen LogP contribution in [0.4, 0.5) is 17.1 Å². The van der Waals surface area contributed by atoms with E-state index in [0.29, 0.717) is 40.4 Å². The number of aryl methyl sites for hydroxylation is 1. The SMILES string of the molecule is CC(C)Cc1ccc([N+](C)(c2ccc(CC(C)C)cc2)c2cccc(C(=O)c3cn(CCCC(=O)O)c4ccccc34)c2)cc1.Cl. The van der Waals surface area contributed by atoms with E-state index in [1.54, 1.807) is 0 Å². The second kappa shape index (κ2) is 14.9. The van der Waals surface area contributed by atoms with Gasteiger partial charge in [-0.25, -0.2) is 4.48 Å². The highest BCUT2D eigenvalue weighted by molar-refractivity contribution is 6.16. The molecule has 1 heterocycles. The number of aromatic nitrogens is 1. The lowest BCUT2D eigenvalue weighted by Gasteiger charge is -2.34. The fourth-order valence-corrected chi connectivity index (χ4v) is 6.34. The largest absolute Gasteiger partial charge is 0.481 e. The summed E-state index contributed by atoms with van der Waals surface area (Å²) < 4.78 is 2.43. The zero-order valence-corrected chi connectivity index (χ0v) is 28.4. The smallest absolute Gasteiger partial charge is 0.303 e. The summed E-state index contributed by atoms with van der Waals surface area (Å²) in [5.41, 5.74) is 8.07. The third-order valence-corrected chi connectivity index (χ3v) is 8.64. The van der Waals surface area contributed by atoms with E-state index >= 15 is 0 Å². The van der Waals surface area contributed by atoms with E-state index in [1.165, 1.54) is 11.1 Å². The van der Waals surface area contributed by atoms with Crippen LogP contribution in [-0.2, 0) is 24.2 Å². The summed E-state index contributed by atoms with van der Waals surface area (Å²) in [6.07, 6.45) is 4.53. The Hall–Kier alpha value is -4.19. The molecule has 0 unspecified atom stereocenters. The molecule has 0 saturated carbocycles. The number of hydrogen-bond donors (Lipinski definition) is 1. The Bertz CT molecular complexity index is 1730. The zero-order chi connectivity index (χ0) is 32.1. The molecule has 0 saturated heterocycles. The van der Waals surface area contributed by atoms with Gasteiger partial charge in [0.25, 0.3) is 0 Å². The van der Waals surface area contributed by atoms with Crippen molar-refractivity contribution in [2.45, 2.75) is 59.9 Å². The topological polar surface area (TPSA) is 59.3 Å². The van der Waals surface area contributed by atoms with Gasteiger partial charge < -0.3 is 9.67 Å². The van der Waals surface area contributed by atoms with Gasteiger partial charge in [0.05, 0.1) is 7.05 Å². The number of halogens is 1. The monoisotopic (exact) mass is 637 g/mol. The molecule has 1 aromatic heterocycles. The molecule has 1 N–H and O–H groups in total. The molecule has 6 heteroatoms. The first kappa shape index (κ1) is 34.7. The molecule has 0 aliphatic rings. The minimum Gasteiger partial charge on any atom is -0.481 e. The minimum atomic E-state index is -0.815. The average molecular weight is 638 g/mol. The van der Waals surface area contributed by atoms with Crippen LogP contribution < -0.4 is 4.48 Å². The summed E-state index contributed by atoms with van der Waals surface area (Å²) in [6.45, 7) is 9.49. The molecular weight excluding hydrogens is 592 g/mol. The predicted octanol–water partition coefficient (Wildman–Crippen LogP) is 10.2. The molecular formula is C40H46ClN2O3+. The van der Waals surface area contributed by atoms with Crippen LogP contribution in [0.15, 0.2) is 103 Å². The molecule has 4 aromatic carbocycles. The van der Waals surface area contributed by atoms with Gasteiger partial charge in [0.15, 0.2) is 5.78 Å². The maximum absolute atomic E-state index is 14.2. The number of aliphatic carboxylic acids is 1. The molecule has 0 atom stereocenters. The maximum Gasteiger partial charge on any atom is 0.303 e. The maximum atomic E-state index is 14.2. The second-order valence-electron chi connectivity index (χ2n) is 13.2. The van der Waals surface area contributed by atoms with E-state index < -0.39 is 5.97 Å². The summed E-state index contributed by atoms with van der Waals surface area (Å²) in [6, 6.07) is 33.7. The van der Waals surface area contributed by atoms with E-state index in [4.69, 9.17) is 5.11 Å². The molecule has 5 aromatic rings. The number of carbonyl (C=O) groups excluding carboxylic acids is 1. The van der Waals surface area contributed by atoms with Gasteiger partial charge in [0.1, 0.15) is 17.1 Å². The normalized spacial score (nSPS) is 11.6. The lowest BCUT2D eigenvalue weighted by atomic mass is 9.99. The number of para-hydroxylation sites is 1. The van der Waals surface area contributed by atoms with Crippen molar-refractivity contribution in [1.82, 2.24) is 9.05 Å². The third kappa shape index (κ3) is 7.60. The summed E-state index contributed by atoms with van der Waals surface area (Å²) in [5, 5.41) is 10.0. The Kier molecular flexibility index (Phi) is 11.3. The lowest BCUT2D eigenvalue weighted by molar-refractivity contribution is -0.137. The Morgan fingerprint density at radius 3 is 1.85 bits per heavy atom. The molecule has 0 radical (unpaired) electrons. The highest BCUT2D eigenvalue weighted by Crippen LogP contribution is 2.43. The highest BCUT2D eigenvalue weighted by atomic mass is 35.5. The molecule has 0 amide bonds. The number of quaternary nitrogens is 1. The molecule has 0 fully saturated rings. The number of carbonyl (C=O) groups is 2. The van der Waals surface area contributed by atoms with Gasteiger partial charge in [-0.2, -0.15) is 0 Å². The van der Waals surface area contributed by atoms with E-state index in [9.17, 15) is 9.59 Å². The van der Waals surface area contributed by atoms with E-state index in [2.05, 4.69) is 89.3 Å². The summed E-state index contributed by atoms with van der Waals surface area (Å²) in [4.78, 5) is 25.3. The van der Waals surface area contributed by atoms with Gasteiger partial charge >= 0.3 is 5.97 Å². The van der Waals surface area contributed by atoms with Gasteiger partial charge in [-0.05, 0) is 48.3 Å². The average Bonchev–Trinajstić information content (AvgIpc) is 3.39. The second-order valence-corrected chi connectivity index (χ2v) is 13.2. The highest BCUT2D eigenvalue weighted by Gasteiger charge is 2.32. The number of ketones is 1. The molecule has 5 rings (SSSR count). The Morgan fingerprint density at radius 2 is 1.30 bits per heavy atom. The standard InChI is InChI=1S/C40H44N2O3.ClH/c1-28(2)24-30-15-19-33(20-16-30)42(5,34-21-17-31(18-22-34)25-29(3)4)35-11-8-10-32(26-35)40(45)37-27-41(23-9-14-39(43)44)38-13-7-6-12-36(37)38;/h6-8,10-13,15-22,26-29H,9,14,23-25H2,1-5H3;1H/p+1. The Morgan fingerprint density at radius 1 is 0.739 bits per heavy atom. The quantitative estimate of drug-likeness (QED) is 0.103. The number of rotatable bonds is 13. The van der Waals surface area contributed by atoms with Gasteiger partial charge in [-0.1, -0.05) is 82.3 Å². The fraction of sp³-hybridized carbons (Fsp3) is 0.300. The molecule has 0 spiro atoms. The Balaban J connectivity index is 0.00000480. The van der Waals surface area contributed by atoms with Crippen molar-refractivity contribution in [3.63, 3.8) is 0 Å². The summed E-state index contributed by atoms with van der Waals surface area (Å²) in [5.74, 6) is 0.299. The van der Waals surface area contributed by atoms with Crippen LogP contribution in [0.1, 0.15) is 67.6 Å². The van der Waals surface area contributed by atoms with Gasteiger partial charge in [-0.3, -0.25) is 9.59 Å². The van der Waals surface area contributed by atoms with Crippen molar-refractivity contribution >= 4 is 52.1 Å². The number of fused-ring (bicyclic) bond motifs is 1.